The first kappa shape index (κ1) is 18.0. The van der Waals surface area contributed by atoms with Gasteiger partial charge in [-0.3, -0.25) is 14.9 Å². The lowest BCUT2D eigenvalue weighted by Gasteiger charge is -2.10. The normalized spacial score (nSPS) is 10.3. The van der Waals surface area contributed by atoms with Gasteiger partial charge in [-0.1, -0.05) is 34.8 Å². The Morgan fingerprint density at radius 3 is 2.29 bits per heavy atom. The summed E-state index contributed by atoms with van der Waals surface area (Å²) >= 11 is 17.4. The third kappa shape index (κ3) is 3.76. The lowest BCUT2D eigenvalue weighted by Crippen LogP contribution is -2.13. The van der Waals surface area contributed by atoms with E-state index < -0.39 is 22.5 Å². The number of hydrogen-bond acceptors (Lipinski definition) is 4. The predicted molar refractivity (Wildman–Crippen MR) is 89.5 cm³/mol. The van der Waals surface area contributed by atoms with E-state index >= 15 is 0 Å². The fourth-order valence-corrected chi connectivity index (χ4v) is 2.49. The molecule has 124 valence electrons. The highest BCUT2D eigenvalue weighted by Gasteiger charge is 2.18. The molecule has 0 atom stereocenters. The number of nitrogens with zero attached hydrogens (tertiary/aromatic N) is 1. The van der Waals surface area contributed by atoms with Crippen LogP contribution in [0.4, 0.5) is 11.4 Å². The number of carboxylic acid groups (broad SMARTS) is 1. The Hall–Kier alpha value is -2.35. The molecule has 0 bridgehead atoms. The summed E-state index contributed by atoms with van der Waals surface area (Å²) in [5.74, 6) is -2.02. The van der Waals surface area contributed by atoms with Crippen molar-refractivity contribution in [3.63, 3.8) is 0 Å². The minimum Gasteiger partial charge on any atom is -0.478 e. The molecule has 2 N–H and O–H groups in total. The lowest BCUT2D eigenvalue weighted by atomic mass is 10.1. The average Bonchev–Trinajstić information content (AvgIpc) is 2.49. The molecule has 0 aliphatic carbocycles. The number of nitro groups is 1. The van der Waals surface area contributed by atoms with Gasteiger partial charge < -0.3 is 10.4 Å². The maximum atomic E-state index is 12.2. The highest BCUT2D eigenvalue weighted by Crippen LogP contribution is 2.30. The van der Waals surface area contributed by atoms with Gasteiger partial charge in [-0.25, -0.2) is 4.79 Å². The van der Waals surface area contributed by atoms with E-state index in [1.807, 2.05) is 0 Å². The molecule has 0 spiro atoms. The first-order valence-electron chi connectivity index (χ1n) is 6.18. The Morgan fingerprint density at radius 2 is 1.71 bits per heavy atom. The molecule has 0 unspecified atom stereocenters. The summed E-state index contributed by atoms with van der Waals surface area (Å²) in [6, 6.07) is 5.76. The molecule has 2 aromatic rings. The van der Waals surface area contributed by atoms with Crippen molar-refractivity contribution in [1.29, 1.82) is 0 Å². The van der Waals surface area contributed by atoms with E-state index in [0.717, 1.165) is 12.1 Å². The Bertz CT molecular complexity index is 870. The van der Waals surface area contributed by atoms with E-state index in [1.54, 1.807) is 0 Å². The number of aromatic carboxylic acids is 1. The fraction of sp³-hybridized carbons (Fsp3) is 0. The van der Waals surface area contributed by atoms with Crippen LogP contribution < -0.4 is 5.32 Å². The summed E-state index contributed by atoms with van der Waals surface area (Å²) in [6.45, 7) is 0. The molecule has 1 amide bonds. The standard InChI is InChI=1S/C14H7Cl3N2O5/c15-8-2-1-6(3-12(8)19(23)24)13(20)18-11-4-7(14(21)22)9(16)5-10(11)17/h1-5H,(H,18,20)(H,21,22). The molecular weight excluding hydrogens is 383 g/mol. The van der Waals surface area contributed by atoms with Gasteiger partial charge in [0.05, 0.1) is 26.2 Å². The van der Waals surface area contributed by atoms with E-state index in [9.17, 15) is 19.7 Å². The monoisotopic (exact) mass is 388 g/mol. The van der Waals surface area contributed by atoms with E-state index in [0.29, 0.717) is 0 Å². The second-order valence-corrected chi connectivity index (χ2v) is 5.72. The summed E-state index contributed by atoms with van der Waals surface area (Å²) in [5, 5.41) is 22.1. The van der Waals surface area contributed by atoms with Crippen molar-refractivity contribution in [3.05, 3.63) is 66.6 Å². The largest absolute Gasteiger partial charge is 0.478 e. The molecule has 0 saturated heterocycles. The Morgan fingerprint density at radius 1 is 1.04 bits per heavy atom. The van der Waals surface area contributed by atoms with Gasteiger partial charge in [0.15, 0.2) is 0 Å². The lowest BCUT2D eigenvalue weighted by molar-refractivity contribution is -0.384. The smallest absolute Gasteiger partial charge is 0.337 e. The van der Waals surface area contributed by atoms with Gasteiger partial charge in [-0.15, -0.1) is 0 Å². The molecular formula is C14H7Cl3N2O5. The van der Waals surface area contributed by atoms with Gasteiger partial charge in [0, 0.05) is 11.6 Å². The van der Waals surface area contributed by atoms with Crippen LogP contribution in [-0.2, 0) is 0 Å². The van der Waals surface area contributed by atoms with Gasteiger partial charge in [0.1, 0.15) is 5.02 Å². The number of carbonyl (C=O) groups is 2. The molecule has 0 aliphatic heterocycles. The molecule has 0 heterocycles. The van der Waals surface area contributed by atoms with Crippen LogP contribution in [0.15, 0.2) is 30.3 Å². The summed E-state index contributed by atoms with van der Waals surface area (Å²) in [5.41, 5.74) is -0.730. The summed E-state index contributed by atoms with van der Waals surface area (Å²) < 4.78 is 0. The molecule has 24 heavy (non-hydrogen) atoms. The number of halogens is 3. The van der Waals surface area contributed by atoms with Crippen molar-refractivity contribution in [2.75, 3.05) is 5.32 Å². The van der Waals surface area contributed by atoms with Crippen molar-refractivity contribution >= 4 is 58.1 Å². The second kappa shape index (κ2) is 7.04. The first-order chi connectivity index (χ1) is 11.2. The summed E-state index contributed by atoms with van der Waals surface area (Å²) in [7, 11) is 0. The molecule has 0 aliphatic rings. The van der Waals surface area contributed by atoms with Gasteiger partial charge in [0.2, 0.25) is 0 Å². The number of benzene rings is 2. The number of rotatable bonds is 4. The molecule has 7 nitrogen and oxygen atoms in total. The minimum absolute atomic E-state index is 0.000990. The Balaban J connectivity index is 2.37. The van der Waals surface area contributed by atoms with Crippen LogP contribution in [0.25, 0.3) is 0 Å². The Labute approximate surface area is 149 Å². The maximum absolute atomic E-state index is 12.2. The predicted octanol–water partition coefficient (Wildman–Crippen LogP) is 4.51. The Kier molecular flexibility index (Phi) is 5.28. The van der Waals surface area contributed by atoms with E-state index in [2.05, 4.69) is 5.32 Å². The fourth-order valence-electron chi connectivity index (χ4n) is 1.80. The number of anilines is 1. The van der Waals surface area contributed by atoms with Crippen LogP contribution in [0.1, 0.15) is 20.7 Å². The van der Waals surface area contributed by atoms with Gasteiger partial charge in [-0.05, 0) is 24.3 Å². The molecule has 0 fully saturated rings. The van der Waals surface area contributed by atoms with Gasteiger partial charge >= 0.3 is 5.97 Å². The van der Waals surface area contributed by atoms with Crippen LogP contribution in [0, 0.1) is 10.1 Å². The second-order valence-electron chi connectivity index (χ2n) is 4.49. The van der Waals surface area contributed by atoms with Gasteiger partial charge in [0.25, 0.3) is 11.6 Å². The van der Waals surface area contributed by atoms with Crippen LogP contribution in [0.3, 0.4) is 0 Å². The summed E-state index contributed by atoms with van der Waals surface area (Å²) in [6.07, 6.45) is 0. The third-order valence-electron chi connectivity index (χ3n) is 2.94. The number of carbonyl (C=O) groups excluding carboxylic acids is 1. The SMILES string of the molecule is O=C(Nc1cc(C(=O)O)c(Cl)cc1Cl)c1ccc(Cl)c([N+](=O)[O-])c1. The first-order valence-corrected chi connectivity index (χ1v) is 7.31. The van der Waals surface area contributed by atoms with Crippen LogP contribution in [0.2, 0.25) is 15.1 Å². The molecule has 0 radical (unpaired) electrons. The van der Waals surface area contributed by atoms with Crippen molar-refractivity contribution in [3.8, 4) is 0 Å². The van der Waals surface area contributed by atoms with Crippen molar-refractivity contribution in [1.82, 2.24) is 0 Å². The third-order valence-corrected chi connectivity index (χ3v) is 3.89. The van der Waals surface area contributed by atoms with E-state index in [-0.39, 0.29) is 31.9 Å². The molecule has 0 aromatic heterocycles. The minimum atomic E-state index is -1.30. The van der Waals surface area contributed by atoms with Crippen LogP contribution >= 0.6 is 34.8 Å². The summed E-state index contributed by atoms with van der Waals surface area (Å²) in [4.78, 5) is 33.4. The maximum Gasteiger partial charge on any atom is 0.337 e. The van der Waals surface area contributed by atoms with E-state index in [4.69, 9.17) is 39.9 Å². The number of carboxylic acids is 1. The van der Waals surface area contributed by atoms with Crippen LogP contribution in [0.5, 0.6) is 0 Å². The van der Waals surface area contributed by atoms with Crippen molar-refractivity contribution in [2.45, 2.75) is 0 Å². The number of nitrogens with one attached hydrogen (secondary N) is 1. The van der Waals surface area contributed by atoms with E-state index in [1.165, 1.54) is 18.2 Å². The van der Waals surface area contributed by atoms with Crippen LogP contribution in [-0.4, -0.2) is 21.9 Å². The molecule has 10 heteroatoms. The van der Waals surface area contributed by atoms with Crippen molar-refractivity contribution < 1.29 is 19.6 Å². The zero-order chi connectivity index (χ0) is 18.0. The number of nitro benzene ring substituents is 1. The number of amides is 1. The molecule has 2 rings (SSSR count). The highest BCUT2D eigenvalue weighted by atomic mass is 35.5. The molecule has 0 saturated carbocycles. The van der Waals surface area contributed by atoms with Crippen molar-refractivity contribution in [2.24, 2.45) is 0 Å². The zero-order valence-electron chi connectivity index (χ0n) is 11.5. The zero-order valence-corrected chi connectivity index (χ0v) is 13.8. The highest BCUT2D eigenvalue weighted by molar-refractivity contribution is 6.38. The topological polar surface area (TPSA) is 110 Å². The van der Waals surface area contributed by atoms with Gasteiger partial charge in [-0.2, -0.15) is 0 Å². The quantitative estimate of drug-likeness (QED) is 0.591. The number of hydrogen-bond donors (Lipinski definition) is 2. The average molecular weight is 390 g/mol. The molecule has 2 aromatic carbocycles.